The topological polar surface area (TPSA) is 84.6 Å². The van der Waals surface area contributed by atoms with Gasteiger partial charge in [0.1, 0.15) is 18.5 Å². The van der Waals surface area contributed by atoms with Crippen molar-refractivity contribution < 1.29 is 9.84 Å². The van der Waals surface area contributed by atoms with Gasteiger partial charge < -0.3 is 15.2 Å². The molecule has 1 aliphatic rings. The van der Waals surface area contributed by atoms with E-state index in [0.29, 0.717) is 17.4 Å². The number of hydrogen-bond acceptors (Lipinski definition) is 6. The minimum atomic E-state index is -0.701. The molecule has 1 fully saturated rings. The predicted molar refractivity (Wildman–Crippen MR) is 92.5 cm³/mol. The molecule has 25 heavy (non-hydrogen) atoms. The average molecular weight is 339 g/mol. The van der Waals surface area contributed by atoms with Crippen LogP contribution in [-0.2, 0) is 0 Å². The molecule has 1 aromatic carbocycles. The standard InChI is InChI=1S/C18H21N5O2/c24-15(13-5-2-1-3-6-13)12-25-17-11-20-10-16-21-22-18(23(16)17)14-7-4-8-19-9-14/h1-3,5-6,10-11,14-15,19,24H,4,7-9,12H2. The first-order chi connectivity index (χ1) is 12.3. The maximum Gasteiger partial charge on any atom is 0.220 e. The van der Waals surface area contributed by atoms with E-state index in [9.17, 15) is 5.11 Å². The predicted octanol–water partition coefficient (Wildman–Crippen LogP) is 1.70. The SMILES string of the molecule is OC(COc1cncc2nnc(C3CCCNC3)n12)c1ccccc1. The fourth-order valence-electron chi connectivity index (χ4n) is 3.22. The molecule has 3 heterocycles. The van der Waals surface area contributed by atoms with Gasteiger partial charge in [-0.2, -0.15) is 0 Å². The van der Waals surface area contributed by atoms with Gasteiger partial charge in [-0.15, -0.1) is 10.2 Å². The Balaban J connectivity index is 1.57. The van der Waals surface area contributed by atoms with E-state index in [1.165, 1.54) is 0 Å². The van der Waals surface area contributed by atoms with E-state index >= 15 is 0 Å². The fraction of sp³-hybridized carbons (Fsp3) is 0.389. The van der Waals surface area contributed by atoms with E-state index in [4.69, 9.17) is 4.74 Å². The lowest BCUT2D eigenvalue weighted by molar-refractivity contribution is 0.104. The molecule has 2 unspecified atom stereocenters. The summed E-state index contributed by atoms with van der Waals surface area (Å²) in [6.45, 7) is 2.07. The molecule has 0 amide bonds. The number of ether oxygens (including phenoxy) is 1. The van der Waals surface area contributed by atoms with Crippen LogP contribution in [0.5, 0.6) is 5.88 Å². The van der Waals surface area contributed by atoms with Gasteiger partial charge in [0.05, 0.1) is 12.4 Å². The van der Waals surface area contributed by atoms with Crippen molar-refractivity contribution in [3.63, 3.8) is 0 Å². The highest BCUT2D eigenvalue weighted by Gasteiger charge is 2.22. The Morgan fingerprint density at radius 3 is 2.92 bits per heavy atom. The molecule has 4 rings (SSSR count). The second-order valence-corrected chi connectivity index (χ2v) is 6.28. The number of aromatic nitrogens is 4. The van der Waals surface area contributed by atoms with E-state index in [1.807, 2.05) is 34.7 Å². The number of fused-ring (bicyclic) bond motifs is 1. The third kappa shape index (κ3) is 3.33. The number of piperidine rings is 1. The molecule has 0 saturated carbocycles. The van der Waals surface area contributed by atoms with Crippen LogP contribution < -0.4 is 10.1 Å². The molecule has 0 bridgehead atoms. The molecular weight excluding hydrogens is 318 g/mol. The van der Waals surface area contributed by atoms with E-state index in [2.05, 4.69) is 20.5 Å². The summed E-state index contributed by atoms with van der Waals surface area (Å²) in [4.78, 5) is 4.18. The lowest BCUT2D eigenvalue weighted by Crippen LogP contribution is -2.29. The summed E-state index contributed by atoms with van der Waals surface area (Å²) in [6.07, 6.45) is 4.81. The smallest absolute Gasteiger partial charge is 0.220 e. The van der Waals surface area contributed by atoms with Crippen LogP contribution in [0, 0.1) is 0 Å². The Hall–Kier alpha value is -2.51. The Labute approximate surface area is 145 Å². The number of aliphatic hydroxyl groups excluding tert-OH is 1. The third-order valence-corrected chi connectivity index (χ3v) is 4.54. The maximum atomic E-state index is 10.3. The van der Waals surface area contributed by atoms with Gasteiger partial charge in [0.15, 0.2) is 5.65 Å². The lowest BCUT2D eigenvalue weighted by atomic mass is 9.99. The summed E-state index contributed by atoms with van der Waals surface area (Å²) in [7, 11) is 0. The largest absolute Gasteiger partial charge is 0.474 e. The summed E-state index contributed by atoms with van der Waals surface area (Å²) >= 11 is 0. The molecule has 0 aliphatic carbocycles. The van der Waals surface area contributed by atoms with Gasteiger partial charge in [-0.05, 0) is 24.9 Å². The van der Waals surface area contributed by atoms with E-state index in [-0.39, 0.29) is 6.61 Å². The van der Waals surface area contributed by atoms with E-state index in [1.54, 1.807) is 12.4 Å². The van der Waals surface area contributed by atoms with Gasteiger partial charge in [-0.25, -0.2) is 4.40 Å². The van der Waals surface area contributed by atoms with Crippen LogP contribution in [0.25, 0.3) is 5.65 Å². The summed E-state index contributed by atoms with van der Waals surface area (Å²) in [6, 6.07) is 9.47. The van der Waals surface area contributed by atoms with Crippen LogP contribution in [0.3, 0.4) is 0 Å². The van der Waals surface area contributed by atoms with Crippen LogP contribution in [0.15, 0.2) is 42.7 Å². The van der Waals surface area contributed by atoms with E-state index < -0.39 is 6.10 Å². The molecule has 7 nitrogen and oxygen atoms in total. The van der Waals surface area contributed by atoms with Crippen LogP contribution in [0.2, 0.25) is 0 Å². The monoisotopic (exact) mass is 339 g/mol. The molecule has 2 aromatic heterocycles. The summed E-state index contributed by atoms with van der Waals surface area (Å²) in [5.74, 6) is 1.74. The zero-order valence-corrected chi connectivity index (χ0v) is 13.9. The average Bonchev–Trinajstić information content (AvgIpc) is 3.12. The van der Waals surface area contributed by atoms with Gasteiger partial charge in [0.25, 0.3) is 0 Å². The number of hydrogen-bond donors (Lipinski definition) is 2. The minimum Gasteiger partial charge on any atom is -0.474 e. The zero-order valence-electron chi connectivity index (χ0n) is 13.9. The van der Waals surface area contributed by atoms with Crippen molar-refractivity contribution in [1.82, 2.24) is 24.9 Å². The highest BCUT2D eigenvalue weighted by atomic mass is 16.5. The molecule has 2 N–H and O–H groups in total. The lowest BCUT2D eigenvalue weighted by Gasteiger charge is -2.22. The van der Waals surface area contributed by atoms with Crippen molar-refractivity contribution in [2.45, 2.75) is 24.9 Å². The number of rotatable bonds is 5. The number of nitrogens with one attached hydrogen (secondary N) is 1. The van der Waals surface area contributed by atoms with Crippen molar-refractivity contribution in [1.29, 1.82) is 0 Å². The Kier molecular flexibility index (Phi) is 4.58. The van der Waals surface area contributed by atoms with Crippen molar-refractivity contribution >= 4 is 5.65 Å². The van der Waals surface area contributed by atoms with Gasteiger partial charge in [-0.3, -0.25) is 4.98 Å². The van der Waals surface area contributed by atoms with Crippen molar-refractivity contribution in [2.24, 2.45) is 0 Å². The van der Waals surface area contributed by atoms with E-state index in [0.717, 1.165) is 37.3 Å². The summed E-state index contributed by atoms with van der Waals surface area (Å²) < 4.78 is 7.78. The molecular formula is C18H21N5O2. The van der Waals surface area contributed by atoms with Crippen molar-refractivity contribution in [2.75, 3.05) is 19.7 Å². The molecule has 1 saturated heterocycles. The highest BCUT2D eigenvalue weighted by Crippen LogP contribution is 2.25. The summed E-state index contributed by atoms with van der Waals surface area (Å²) in [5, 5.41) is 22.3. The van der Waals surface area contributed by atoms with Gasteiger partial charge in [-0.1, -0.05) is 30.3 Å². The first-order valence-electron chi connectivity index (χ1n) is 8.58. The minimum absolute atomic E-state index is 0.144. The number of benzene rings is 1. The summed E-state index contributed by atoms with van der Waals surface area (Å²) in [5.41, 5.74) is 1.48. The first-order valence-corrected chi connectivity index (χ1v) is 8.58. The molecule has 0 spiro atoms. The maximum absolute atomic E-state index is 10.3. The molecule has 2 atom stereocenters. The number of nitrogens with zero attached hydrogens (tertiary/aromatic N) is 4. The first kappa shape index (κ1) is 16.0. The molecule has 130 valence electrons. The Bertz CT molecular complexity index is 830. The highest BCUT2D eigenvalue weighted by molar-refractivity contribution is 5.39. The second-order valence-electron chi connectivity index (χ2n) is 6.28. The molecule has 1 aliphatic heterocycles. The van der Waals surface area contributed by atoms with Crippen LogP contribution >= 0.6 is 0 Å². The number of aliphatic hydroxyl groups is 1. The zero-order chi connectivity index (χ0) is 17.1. The van der Waals surface area contributed by atoms with Gasteiger partial charge >= 0.3 is 0 Å². The van der Waals surface area contributed by atoms with Crippen LogP contribution in [-0.4, -0.2) is 44.4 Å². The van der Waals surface area contributed by atoms with Gasteiger partial charge in [0.2, 0.25) is 5.88 Å². The second kappa shape index (κ2) is 7.16. The van der Waals surface area contributed by atoms with Gasteiger partial charge in [0, 0.05) is 12.5 Å². The van der Waals surface area contributed by atoms with Crippen LogP contribution in [0.4, 0.5) is 0 Å². The van der Waals surface area contributed by atoms with Crippen molar-refractivity contribution in [3.8, 4) is 5.88 Å². The Morgan fingerprint density at radius 1 is 1.24 bits per heavy atom. The van der Waals surface area contributed by atoms with Crippen LogP contribution in [0.1, 0.15) is 36.3 Å². The molecule has 7 heteroatoms. The third-order valence-electron chi connectivity index (χ3n) is 4.54. The normalized spacial score (nSPS) is 19.0. The molecule has 3 aromatic rings. The fourth-order valence-corrected chi connectivity index (χ4v) is 3.22. The Morgan fingerprint density at radius 2 is 2.12 bits per heavy atom. The molecule has 0 radical (unpaired) electrons. The van der Waals surface area contributed by atoms with Crippen molar-refractivity contribution in [3.05, 3.63) is 54.1 Å². The quantitative estimate of drug-likeness (QED) is 0.736.